The maximum atomic E-state index is 12.7. The number of nitrogens with one attached hydrogen (secondary N) is 2. The Balaban J connectivity index is 0.000000147. The van der Waals surface area contributed by atoms with E-state index in [1.165, 1.54) is 62.2 Å². The number of Topliss-reactive ketones (excluding diaryl/α,β-unsaturated/α-hetero) is 2. The molecular weight excluding hydrogens is 1620 g/mol. The van der Waals surface area contributed by atoms with Crippen LogP contribution in [0.1, 0.15) is 175 Å². The minimum Gasteiger partial charge on any atom is -0.465 e. The molecule has 0 radical (unpaired) electrons. The summed E-state index contributed by atoms with van der Waals surface area (Å²) in [7, 11) is 0. The Morgan fingerprint density at radius 2 is 0.617 bits per heavy atom. The molecule has 2 amide bonds. The topological polar surface area (TPSA) is 222 Å². The van der Waals surface area contributed by atoms with E-state index in [4.69, 9.17) is 25.8 Å². The zero-order chi connectivity index (χ0) is 84.1. The fourth-order valence-electron chi connectivity index (χ4n) is 13.9. The van der Waals surface area contributed by atoms with Gasteiger partial charge in [-0.05, 0) is 141 Å². The second kappa shape index (κ2) is 47.7. The van der Waals surface area contributed by atoms with Gasteiger partial charge in [0.15, 0.2) is 11.6 Å². The van der Waals surface area contributed by atoms with E-state index in [0.717, 1.165) is 89.8 Å². The van der Waals surface area contributed by atoms with Gasteiger partial charge in [0.2, 0.25) is 17.3 Å². The number of carbonyl (C=O) groups excluding carboxylic acids is 10. The zero-order valence-electron chi connectivity index (χ0n) is 66.0. The van der Waals surface area contributed by atoms with E-state index in [1.807, 2.05) is 209 Å². The van der Waals surface area contributed by atoms with E-state index in [1.54, 1.807) is 97.1 Å². The van der Waals surface area contributed by atoms with Crippen molar-refractivity contribution >= 4 is 127 Å². The van der Waals surface area contributed by atoms with Crippen LogP contribution in [0.4, 0.5) is 0 Å². The van der Waals surface area contributed by atoms with E-state index in [9.17, 15) is 47.9 Å². The van der Waals surface area contributed by atoms with Crippen LogP contribution in [0.15, 0.2) is 306 Å². The number of hydrogen-bond acceptors (Lipinski definition) is 18. The first kappa shape index (κ1) is 89.0. The van der Waals surface area contributed by atoms with Crippen molar-refractivity contribution in [2.24, 2.45) is 23.7 Å². The molecule has 2 N–H and O–H groups in total. The molecule has 612 valence electrons. The lowest BCUT2D eigenvalue weighted by Gasteiger charge is -2.28. The summed E-state index contributed by atoms with van der Waals surface area (Å²) in [6, 6.07) is 85.8. The molecule has 2 aliphatic rings. The van der Waals surface area contributed by atoms with Gasteiger partial charge in [-0.3, -0.25) is 43.2 Å². The number of benzene rings is 8. The van der Waals surface area contributed by atoms with Crippen molar-refractivity contribution in [3.8, 4) is 0 Å². The molecule has 0 spiro atoms. The van der Waals surface area contributed by atoms with Crippen LogP contribution >= 0.6 is 68.3 Å². The van der Waals surface area contributed by atoms with Crippen LogP contribution < -0.4 is 10.6 Å². The second-order valence-electron chi connectivity index (χ2n) is 28.2. The number of amides is 2. The highest BCUT2D eigenvalue weighted by atomic mass is 35.5. The van der Waals surface area contributed by atoms with Gasteiger partial charge in [0.25, 0.3) is 11.8 Å². The summed E-state index contributed by atoms with van der Waals surface area (Å²) < 4.78 is 16.3. The number of rotatable bonds is 29. The van der Waals surface area contributed by atoms with Crippen LogP contribution in [-0.4, -0.2) is 85.0 Å². The van der Waals surface area contributed by atoms with E-state index in [-0.39, 0.29) is 88.5 Å². The molecule has 2 fully saturated rings. The number of ether oxygens (including phenoxy) is 3. The maximum absolute atomic E-state index is 12.7. The van der Waals surface area contributed by atoms with E-state index < -0.39 is 5.97 Å². The molecule has 0 bridgehead atoms. The van der Waals surface area contributed by atoms with E-state index >= 15 is 0 Å². The van der Waals surface area contributed by atoms with Crippen molar-refractivity contribution in [1.82, 2.24) is 10.6 Å². The number of hydrogen-bond donors (Lipinski definition) is 2. The van der Waals surface area contributed by atoms with Gasteiger partial charge in [-0.15, -0.1) is 56.7 Å². The summed E-state index contributed by atoms with van der Waals surface area (Å²) in [5, 5.41) is 15.8. The van der Waals surface area contributed by atoms with Gasteiger partial charge in [0, 0.05) is 65.9 Å². The SMILES string of the molecule is O=C(NCCc1ccccc1)c1ccccc1C(=O)c1cccs1.O=C(NCc1ccccc1)c1ccccc1C(=O)c1cccs1.O=C(OCCc1ccccc1)[C@H]1CCCC[C@H]1C(=O)c1cccs1.O=C(OCCc1ccccc1)[C@H]1CCCC[C@H]1C(=O)c1cccs1.O=C(OCCc1ccccc1Cl)c1ccccc1C(=O)c1cccs1. The minimum atomic E-state index is -0.507. The standard InChI is InChI=1S/C20H15ClO3S.C20H17NO2S.2C20H22O3S.C19H15NO2S/c21-17-9-4-1-6-14(17)11-12-24-20(23)16-8-3-2-7-15(16)19(22)18-10-5-13-25-18;22-19(18-11-6-14-24-18)16-9-4-5-10-17(16)20(23)21-13-12-15-7-2-1-3-8-15;2*21-19(18-11-6-14-24-18)16-9-4-5-10-17(16)20(22)23-13-12-15-7-2-1-3-8-15;21-18(17-11-6-12-23-17)15-9-4-5-10-16(15)19(22)20-13-14-7-2-1-3-8-14/h1-10,13H,11-12H2;1-11,14H,12-13H2,(H,21,23);2*1-3,6-8,11,14,16-17H,4-5,9-10,12-13H2;1-12H,13H2,(H,20,22)/t;;2*16-,17+;/m..11./s1. The van der Waals surface area contributed by atoms with Crippen molar-refractivity contribution in [2.45, 2.75) is 83.6 Å². The third-order valence-corrected chi connectivity index (χ3v) is 24.9. The van der Waals surface area contributed by atoms with Crippen molar-refractivity contribution < 1.29 is 62.2 Å². The average Bonchev–Trinajstić information content (AvgIpc) is 1.42. The highest BCUT2D eigenvalue weighted by molar-refractivity contribution is 7.13. The molecule has 13 aromatic rings. The molecule has 5 aromatic heterocycles. The van der Waals surface area contributed by atoms with Crippen LogP contribution in [-0.2, 0) is 56.0 Å². The molecular formula is C99H91ClN2O13S5. The summed E-state index contributed by atoms with van der Waals surface area (Å²) >= 11 is 13.1. The highest BCUT2D eigenvalue weighted by Gasteiger charge is 2.39. The normalized spacial score (nSPS) is 14.4. The predicted octanol–water partition coefficient (Wildman–Crippen LogP) is 21.9. The Morgan fingerprint density at radius 3 is 1.01 bits per heavy atom. The number of halogens is 1. The van der Waals surface area contributed by atoms with Crippen LogP contribution in [0.5, 0.6) is 0 Å². The largest absolute Gasteiger partial charge is 0.465 e. The van der Waals surface area contributed by atoms with Gasteiger partial charge in [-0.2, -0.15) is 0 Å². The Labute approximate surface area is 724 Å². The average molecular weight is 1710 g/mol. The van der Waals surface area contributed by atoms with Gasteiger partial charge in [0.05, 0.1) is 72.7 Å². The van der Waals surface area contributed by atoms with Gasteiger partial charge >= 0.3 is 17.9 Å². The third-order valence-electron chi connectivity index (χ3n) is 20.2. The lowest BCUT2D eigenvalue weighted by atomic mass is 9.76. The van der Waals surface area contributed by atoms with Crippen molar-refractivity contribution in [1.29, 1.82) is 0 Å². The Kier molecular flexibility index (Phi) is 35.4. The molecule has 15 rings (SSSR count). The molecule has 21 heteroatoms. The third kappa shape index (κ3) is 26.6. The van der Waals surface area contributed by atoms with Gasteiger partial charge in [0.1, 0.15) is 0 Å². The quantitative estimate of drug-likeness (QED) is 0.0253. The number of esters is 3. The van der Waals surface area contributed by atoms with Gasteiger partial charge in [-0.25, -0.2) is 4.79 Å². The zero-order valence-corrected chi connectivity index (χ0v) is 70.8. The van der Waals surface area contributed by atoms with Gasteiger partial charge < -0.3 is 24.8 Å². The molecule has 5 heterocycles. The first-order chi connectivity index (χ1) is 58.7. The molecule has 15 nitrogen and oxygen atoms in total. The number of thiophene rings is 5. The van der Waals surface area contributed by atoms with Crippen molar-refractivity contribution in [2.75, 3.05) is 26.4 Å². The maximum Gasteiger partial charge on any atom is 0.338 e. The first-order valence-electron chi connectivity index (χ1n) is 39.8. The van der Waals surface area contributed by atoms with Gasteiger partial charge in [-0.1, -0.05) is 262 Å². The van der Waals surface area contributed by atoms with Crippen LogP contribution in [0, 0.1) is 23.7 Å². The molecule has 0 saturated heterocycles. The summed E-state index contributed by atoms with van der Waals surface area (Å²) in [5.41, 5.74) is 7.74. The highest BCUT2D eigenvalue weighted by Crippen LogP contribution is 2.37. The Morgan fingerprint density at radius 1 is 0.300 bits per heavy atom. The summed E-state index contributed by atoms with van der Waals surface area (Å²) in [6.07, 6.45) is 9.79. The Hall–Kier alpha value is -11.8. The lowest BCUT2D eigenvalue weighted by molar-refractivity contribution is -0.151. The van der Waals surface area contributed by atoms with Crippen LogP contribution in [0.2, 0.25) is 5.02 Å². The first-order valence-corrected chi connectivity index (χ1v) is 44.6. The predicted molar refractivity (Wildman–Crippen MR) is 479 cm³/mol. The molecule has 120 heavy (non-hydrogen) atoms. The molecule has 4 atom stereocenters. The van der Waals surface area contributed by atoms with E-state index in [2.05, 4.69) is 10.6 Å². The van der Waals surface area contributed by atoms with Crippen molar-refractivity contribution in [3.63, 3.8) is 0 Å². The summed E-state index contributed by atoms with van der Waals surface area (Å²) in [5.74, 6) is -2.59. The fraction of sp³-hybridized carbons (Fsp3) is 0.212. The lowest BCUT2D eigenvalue weighted by Crippen LogP contribution is -2.34. The van der Waals surface area contributed by atoms with Crippen LogP contribution in [0.3, 0.4) is 0 Å². The van der Waals surface area contributed by atoms with Crippen LogP contribution in [0.25, 0.3) is 0 Å². The smallest absolute Gasteiger partial charge is 0.338 e. The fourth-order valence-corrected chi connectivity index (χ4v) is 17.6. The second-order valence-corrected chi connectivity index (χ2v) is 33.3. The monoisotopic (exact) mass is 1710 g/mol. The molecule has 0 aliphatic heterocycles. The summed E-state index contributed by atoms with van der Waals surface area (Å²) in [4.78, 5) is 129. The minimum absolute atomic E-state index is 0.106. The molecule has 0 unspecified atom stereocenters. The Bertz CT molecular complexity index is 5300. The van der Waals surface area contributed by atoms with Crippen molar-refractivity contribution in [3.05, 3.63) is 397 Å². The molecule has 8 aromatic carbocycles. The molecule has 2 aliphatic carbocycles. The number of carbonyl (C=O) groups is 10. The summed E-state index contributed by atoms with van der Waals surface area (Å²) in [6.45, 7) is 1.91. The number of ketones is 5. The molecule has 2 saturated carbocycles. The van der Waals surface area contributed by atoms with E-state index in [0.29, 0.717) is 93.0 Å².